The molecule has 0 saturated heterocycles. The lowest BCUT2D eigenvalue weighted by Gasteiger charge is -2.34. The van der Waals surface area contributed by atoms with E-state index in [9.17, 15) is 44.3 Å². The summed E-state index contributed by atoms with van der Waals surface area (Å²) in [5, 5.41) is 8.18. The molecule has 12 heteroatoms. The normalized spacial score (nSPS) is 16.3. The minimum atomic E-state index is -6.99. The number of hydrogen-bond donors (Lipinski definition) is 1. The van der Waals surface area contributed by atoms with Crippen molar-refractivity contribution in [3.05, 3.63) is 0 Å². The molecule has 0 aliphatic heterocycles. The summed E-state index contributed by atoms with van der Waals surface area (Å²) in [6.07, 6.45) is -9.27. The highest BCUT2D eigenvalue weighted by molar-refractivity contribution is 14.1. The lowest BCUT2D eigenvalue weighted by molar-refractivity contribution is -0.396. The molecule has 0 spiro atoms. The number of halogens is 10. The van der Waals surface area contributed by atoms with Crippen molar-refractivity contribution in [2.75, 3.05) is 0 Å². The lowest BCUT2D eigenvalue weighted by atomic mass is 10.00. The third-order valence-corrected chi connectivity index (χ3v) is 2.89. The van der Waals surface area contributed by atoms with Crippen LogP contribution < -0.4 is 0 Å². The van der Waals surface area contributed by atoms with Crippen molar-refractivity contribution in [1.82, 2.24) is 0 Å². The highest BCUT2D eigenvalue weighted by Gasteiger charge is 2.81. The molecule has 19 heavy (non-hydrogen) atoms. The van der Waals surface area contributed by atoms with Crippen LogP contribution in [0.2, 0.25) is 0 Å². The van der Waals surface area contributed by atoms with Crippen LogP contribution in [0.1, 0.15) is 6.42 Å². The van der Waals surface area contributed by atoms with Crippen molar-refractivity contribution in [2.24, 2.45) is 0 Å². The van der Waals surface area contributed by atoms with E-state index in [1.54, 1.807) is 0 Å². The van der Waals surface area contributed by atoms with Gasteiger partial charge in [0.05, 0.1) is 0 Å². The maximum absolute atomic E-state index is 12.8. The zero-order chi connectivity index (χ0) is 15.9. The maximum atomic E-state index is 12.8. The van der Waals surface area contributed by atoms with E-state index in [2.05, 4.69) is 0 Å². The first-order chi connectivity index (χ1) is 8.08. The van der Waals surface area contributed by atoms with Gasteiger partial charge in [-0.05, 0) is 0 Å². The summed E-state index contributed by atoms with van der Waals surface area (Å²) in [5.41, 5.74) is 0. The van der Waals surface area contributed by atoms with Crippen LogP contribution >= 0.6 is 22.6 Å². The van der Waals surface area contributed by atoms with Gasteiger partial charge in [0.1, 0.15) is 3.92 Å². The monoisotopic (exact) mass is 418 g/mol. The summed E-state index contributed by atoms with van der Waals surface area (Å²) in [4.78, 5) is 10.2. The molecule has 0 fully saturated rings. The molecule has 0 aliphatic carbocycles. The maximum Gasteiger partial charge on any atom is 0.460 e. The molecule has 0 aromatic heterocycles. The first-order valence-corrected chi connectivity index (χ1v) is 5.39. The highest BCUT2D eigenvalue weighted by atomic mass is 127. The third-order valence-electron chi connectivity index (χ3n) is 1.91. The van der Waals surface area contributed by atoms with Crippen LogP contribution in [0.3, 0.4) is 0 Å². The first kappa shape index (κ1) is 18.6. The van der Waals surface area contributed by atoms with Crippen LogP contribution in [-0.4, -0.2) is 38.9 Å². The molecule has 1 unspecified atom stereocenters. The second kappa shape index (κ2) is 5.16. The Labute approximate surface area is 113 Å². The Morgan fingerprint density at radius 2 is 1.32 bits per heavy atom. The predicted molar refractivity (Wildman–Crippen MR) is 51.0 cm³/mol. The van der Waals surface area contributed by atoms with E-state index in [0.717, 1.165) is 0 Å². The molecule has 0 aliphatic rings. The van der Waals surface area contributed by atoms with Crippen LogP contribution in [0.5, 0.6) is 0 Å². The molecule has 0 aromatic carbocycles. The molecule has 0 aromatic rings. The van der Waals surface area contributed by atoms with Crippen molar-refractivity contribution in [1.29, 1.82) is 0 Å². The van der Waals surface area contributed by atoms with Crippen LogP contribution in [0.4, 0.5) is 39.5 Å². The molecule has 114 valence electrons. The minimum Gasteiger partial charge on any atom is -0.480 e. The molecule has 0 saturated carbocycles. The van der Waals surface area contributed by atoms with E-state index < -0.39 is 40.3 Å². The van der Waals surface area contributed by atoms with Crippen molar-refractivity contribution < 1.29 is 49.4 Å². The minimum absolute atomic E-state index is 0.707. The lowest BCUT2D eigenvalue weighted by Crippen LogP contribution is -2.61. The average molecular weight is 418 g/mol. The van der Waals surface area contributed by atoms with Gasteiger partial charge in [-0.15, -0.1) is 0 Å². The fourth-order valence-corrected chi connectivity index (χ4v) is 1.40. The van der Waals surface area contributed by atoms with Crippen molar-refractivity contribution in [3.8, 4) is 0 Å². The summed E-state index contributed by atoms with van der Waals surface area (Å²) in [5.74, 6) is -21.7. The molecule has 0 heterocycles. The summed E-state index contributed by atoms with van der Waals surface area (Å²) in [7, 11) is 0. The number of alkyl halides is 10. The fourth-order valence-electron chi connectivity index (χ4n) is 0.848. The Morgan fingerprint density at radius 3 is 1.58 bits per heavy atom. The second-order valence-corrected chi connectivity index (χ2v) is 4.86. The Hall–Kier alpha value is -0.430. The van der Waals surface area contributed by atoms with Gasteiger partial charge in [-0.2, -0.15) is 39.5 Å². The van der Waals surface area contributed by atoms with Crippen LogP contribution in [0.15, 0.2) is 0 Å². The summed E-state index contributed by atoms with van der Waals surface area (Å²) >= 11 is 0.707. The second-order valence-electron chi connectivity index (χ2n) is 3.36. The first-order valence-electron chi connectivity index (χ1n) is 4.15. The molecule has 0 amide bonds. The molecule has 1 atom stereocenters. The number of carboxylic acid groups (broad SMARTS) is 1. The molecule has 1 N–H and O–H groups in total. The molecule has 2 nitrogen and oxygen atoms in total. The van der Waals surface area contributed by atoms with E-state index >= 15 is 0 Å². The molecule has 0 radical (unpaired) electrons. The molecule has 0 rings (SSSR count). The summed E-state index contributed by atoms with van der Waals surface area (Å²) < 4.78 is 109. The smallest absolute Gasteiger partial charge is 0.460 e. The SMILES string of the molecule is O=C(O)C(I)CC(F)(F)C(F)(F)C(F)(F)C(F)(F)F. The van der Waals surface area contributed by atoms with Crippen LogP contribution in [0, 0.1) is 0 Å². The van der Waals surface area contributed by atoms with E-state index in [1.165, 1.54) is 0 Å². The van der Waals surface area contributed by atoms with Gasteiger partial charge in [-0.3, -0.25) is 4.79 Å². The van der Waals surface area contributed by atoms with Crippen molar-refractivity contribution >= 4 is 28.6 Å². The van der Waals surface area contributed by atoms with E-state index in [4.69, 9.17) is 5.11 Å². The number of hydrogen-bond acceptors (Lipinski definition) is 1. The Bertz CT molecular complexity index is 351. The largest absolute Gasteiger partial charge is 0.480 e. The van der Waals surface area contributed by atoms with E-state index in [-0.39, 0.29) is 0 Å². The number of carbonyl (C=O) groups is 1. The van der Waals surface area contributed by atoms with Gasteiger partial charge in [0.2, 0.25) is 0 Å². The topological polar surface area (TPSA) is 37.3 Å². The fraction of sp³-hybridized carbons (Fsp3) is 0.857. The number of rotatable bonds is 5. The zero-order valence-electron chi connectivity index (χ0n) is 8.42. The average Bonchev–Trinajstić information content (AvgIpc) is 2.14. The Balaban J connectivity index is 5.45. The van der Waals surface area contributed by atoms with Crippen molar-refractivity contribution in [2.45, 2.75) is 34.3 Å². The standard InChI is InChI=1S/C7H4F9IO2/c8-4(9,1-2(17)3(18)19)5(10,11)6(12,13)7(14,15)16/h2H,1H2,(H,18,19). The molecule has 0 bridgehead atoms. The molecular formula is C7H4F9IO2. The van der Waals surface area contributed by atoms with Gasteiger partial charge in [-0.1, -0.05) is 22.6 Å². The van der Waals surface area contributed by atoms with E-state index in [0.29, 0.717) is 22.6 Å². The van der Waals surface area contributed by atoms with Crippen LogP contribution in [0.25, 0.3) is 0 Å². The van der Waals surface area contributed by atoms with Crippen LogP contribution in [-0.2, 0) is 4.79 Å². The Kier molecular flexibility index (Phi) is 5.05. The van der Waals surface area contributed by atoms with Gasteiger partial charge in [-0.25, -0.2) is 0 Å². The quantitative estimate of drug-likeness (QED) is 0.420. The summed E-state index contributed by atoms with van der Waals surface area (Å²) in [6, 6.07) is 0. The van der Waals surface area contributed by atoms with Gasteiger partial charge >= 0.3 is 29.9 Å². The zero-order valence-corrected chi connectivity index (χ0v) is 10.6. The predicted octanol–water partition coefficient (Wildman–Crippen LogP) is 3.73. The number of aliphatic carboxylic acids is 1. The summed E-state index contributed by atoms with van der Waals surface area (Å²) in [6.45, 7) is 0. The van der Waals surface area contributed by atoms with Crippen molar-refractivity contribution in [3.63, 3.8) is 0 Å². The van der Waals surface area contributed by atoms with Gasteiger partial charge in [0, 0.05) is 6.42 Å². The Morgan fingerprint density at radius 1 is 0.947 bits per heavy atom. The molecular weight excluding hydrogens is 414 g/mol. The van der Waals surface area contributed by atoms with Gasteiger partial charge in [0.25, 0.3) is 0 Å². The van der Waals surface area contributed by atoms with Gasteiger partial charge < -0.3 is 5.11 Å². The third kappa shape index (κ3) is 3.37. The van der Waals surface area contributed by atoms with Gasteiger partial charge in [0.15, 0.2) is 0 Å². The number of carboxylic acids is 1. The highest BCUT2D eigenvalue weighted by Crippen LogP contribution is 2.54. The van der Waals surface area contributed by atoms with E-state index in [1.807, 2.05) is 0 Å².